The summed E-state index contributed by atoms with van der Waals surface area (Å²) in [4.78, 5) is 13.3. The lowest BCUT2D eigenvalue weighted by Gasteiger charge is -2.08. The van der Waals surface area contributed by atoms with E-state index in [4.69, 9.17) is 5.11 Å². The minimum Gasteiger partial charge on any atom is -0.449 e. The van der Waals surface area contributed by atoms with Gasteiger partial charge in [0.25, 0.3) is 9.84 Å². The summed E-state index contributed by atoms with van der Waals surface area (Å²) >= 11 is 0. The number of ether oxygens (including phenoxy) is 1. The van der Waals surface area contributed by atoms with Gasteiger partial charge in [-0.15, -0.1) is 0 Å². The SMILES string of the molecule is CCn1c(OC(=O)O)nc2cc(S(=O)(=O)C(F)(F)F)ccc21. The summed E-state index contributed by atoms with van der Waals surface area (Å²) in [6.45, 7) is 1.86. The van der Waals surface area contributed by atoms with Crippen LogP contribution in [0.25, 0.3) is 11.0 Å². The first-order valence-electron chi connectivity index (χ1n) is 5.80. The number of alkyl halides is 3. The van der Waals surface area contributed by atoms with Gasteiger partial charge in [-0.3, -0.25) is 4.57 Å². The van der Waals surface area contributed by atoms with E-state index < -0.39 is 26.4 Å². The van der Waals surface area contributed by atoms with E-state index in [1.54, 1.807) is 6.92 Å². The maximum atomic E-state index is 12.5. The summed E-state index contributed by atoms with van der Waals surface area (Å²) in [7, 11) is -5.51. The van der Waals surface area contributed by atoms with Crippen LogP contribution in [0.3, 0.4) is 0 Å². The third kappa shape index (κ3) is 2.58. The fraction of sp³-hybridized carbons (Fsp3) is 0.273. The van der Waals surface area contributed by atoms with Crippen molar-refractivity contribution in [3.8, 4) is 6.01 Å². The van der Waals surface area contributed by atoms with Crippen molar-refractivity contribution in [1.82, 2.24) is 9.55 Å². The van der Waals surface area contributed by atoms with Crippen molar-refractivity contribution in [1.29, 1.82) is 0 Å². The van der Waals surface area contributed by atoms with Gasteiger partial charge in [-0.2, -0.15) is 18.2 Å². The Morgan fingerprint density at radius 1 is 1.41 bits per heavy atom. The van der Waals surface area contributed by atoms with Crippen LogP contribution in [0.4, 0.5) is 18.0 Å². The van der Waals surface area contributed by atoms with Crippen LogP contribution in [0.5, 0.6) is 6.01 Å². The zero-order chi connectivity index (χ0) is 16.7. The normalized spacial score (nSPS) is 12.5. The summed E-state index contributed by atoms with van der Waals surface area (Å²) in [5.41, 5.74) is -5.31. The molecule has 11 heteroatoms. The molecule has 1 heterocycles. The number of imidazole rings is 1. The van der Waals surface area contributed by atoms with Crippen molar-refractivity contribution in [3.63, 3.8) is 0 Å². The Hall–Kier alpha value is -2.30. The molecule has 120 valence electrons. The molecule has 1 aromatic carbocycles. The highest BCUT2D eigenvalue weighted by atomic mass is 32.2. The average Bonchev–Trinajstić information content (AvgIpc) is 2.72. The molecule has 1 aromatic heterocycles. The molecular formula is C11H9F3N2O5S. The number of benzene rings is 1. The fourth-order valence-corrected chi connectivity index (χ4v) is 2.63. The molecule has 0 unspecified atom stereocenters. The predicted octanol–water partition coefficient (Wildman–Crippen LogP) is 2.41. The maximum absolute atomic E-state index is 12.5. The molecule has 0 saturated heterocycles. The topological polar surface area (TPSA) is 98.5 Å². The second-order valence-electron chi connectivity index (χ2n) is 4.11. The number of fused-ring (bicyclic) bond motifs is 1. The second-order valence-corrected chi connectivity index (χ2v) is 6.05. The molecule has 0 fully saturated rings. The number of carbonyl (C=O) groups is 1. The molecule has 0 amide bonds. The Labute approximate surface area is 121 Å². The highest BCUT2D eigenvalue weighted by Gasteiger charge is 2.47. The van der Waals surface area contributed by atoms with Crippen molar-refractivity contribution < 1.29 is 36.2 Å². The molecule has 2 aromatic rings. The van der Waals surface area contributed by atoms with Crippen molar-refractivity contribution in [2.75, 3.05) is 0 Å². The molecule has 2 rings (SSSR count). The van der Waals surface area contributed by atoms with Gasteiger partial charge in [-0.05, 0) is 25.1 Å². The van der Waals surface area contributed by atoms with Crippen LogP contribution >= 0.6 is 0 Å². The molecule has 0 saturated carbocycles. The number of hydrogen-bond donors (Lipinski definition) is 1. The molecular weight excluding hydrogens is 329 g/mol. The molecule has 0 spiro atoms. The number of hydrogen-bond acceptors (Lipinski definition) is 5. The van der Waals surface area contributed by atoms with Crippen LogP contribution in [0.2, 0.25) is 0 Å². The van der Waals surface area contributed by atoms with E-state index in [1.165, 1.54) is 4.57 Å². The third-order valence-electron chi connectivity index (χ3n) is 2.79. The zero-order valence-corrected chi connectivity index (χ0v) is 11.8. The predicted molar refractivity (Wildman–Crippen MR) is 67.3 cm³/mol. The largest absolute Gasteiger partial charge is 0.513 e. The number of carboxylic acid groups (broad SMARTS) is 1. The van der Waals surface area contributed by atoms with Crippen molar-refractivity contribution >= 4 is 27.0 Å². The van der Waals surface area contributed by atoms with Crippen LogP contribution in [-0.4, -0.2) is 34.7 Å². The van der Waals surface area contributed by atoms with Gasteiger partial charge in [-0.25, -0.2) is 13.2 Å². The van der Waals surface area contributed by atoms with E-state index in [-0.39, 0.29) is 23.6 Å². The Morgan fingerprint density at radius 3 is 2.55 bits per heavy atom. The maximum Gasteiger partial charge on any atom is 0.513 e. The van der Waals surface area contributed by atoms with E-state index in [2.05, 4.69) is 9.72 Å². The lowest BCUT2D eigenvalue weighted by atomic mass is 10.3. The molecule has 0 aliphatic heterocycles. The summed E-state index contributed by atoms with van der Waals surface area (Å²) in [6, 6.07) is 2.26. The number of sulfone groups is 1. The highest BCUT2D eigenvalue weighted by Crippen LogP contribution is 2.32. The van der Waals surface area contributed by atoms with Gasteiger partial charge in [0.2, 0.25) is 0 Å². The number of rotatable bonds is 3. The molecule has 0 radical (unpaired) electrons. The number of halogens is 3. The molecule has 0 atom stereocenters. The standard InChI is InChI=1S/C11H9F3N2O5S/c1-2-16-8-4-3-6(22(19,20)11(12,13)14)5-7(8)15-9(16)21-10(17)18/h3-5H,2H2,1H3,(H,17,18). The Bertz CT molecular complexity index is 841. The summed E-state index contributed by atoms with van der Waals surface area (Å²) in [5.74, 6) is 0. The van der Waals surface area contributed by atoms with Crippen LogP contribution in [-0.2, 0) is 16.4 Å². The first-order chi connectivity index (χ1) is 10.1. The summed E-state index contributed by atoms with van der Waals surface area (Å²) < 4.78 is 66.0. The highest BCUT2D eigenvalue weighted by molar-refractivity contribution is 7.92. The molecule has 0 aliphatic rings. The lowest BCUT2D eigenvalue weighted by molar-refractivity contribution is -0.0435. The molecule has 1 N–H and O–H groups in total. The van der Waals surface area contributed by atoms with E-state index in [0.717, 1.165) is 18.2 Å². The van der Waals surface area contributed by atoms with Gasteiger partial charge in [0.05, 0.1) is 15.9 Å². The van der Waals surface area contributed by atoms with E-state index in [0.29, 0.717) is 0 Å². The Balaban J connectivity index is 2.64. The van der Waals surface area contributed by atoms with Gasteiger partial charge in [0.15, 0.2) is 0 Å². The van der Waals surface area contributed by atoms with Crippen molar-refractivity contribution in [3.05, 3.63) is 18.2 Å². The van der Waals surface area contributed by atoms with Crippen LogP contribution in [0.1, 0.15) is 6.92 Å². The molecule has 0 bridgehead atoms. The average molecular weight is 338 g/mol. The monoisotopic (exact) mass is 338 g/mol. The van der Waals surface area contributed by atoms with Crippen LogP contribution in [0, 0.1) is 0 Å². The Morgan fingerprint density at radius 2 is 2.05 bits per heavy atom. The smallest absolute Gasteiger partial charge is 0.449 e. The van der Waals surface area contributed by atoms with E-state index in [9.17, 15) is 26.4 Å². The third-order valence-corrected chi connectivity index (χ3v) is 4.28. The fourth-order valence-electron chi connectivity index (χ4n) is 1.85. The second kappa shape index (κ2) is 5.16. The number of aromatic nitrogens is 2. The van der Waals surface area contributed by atoms with E-state index in [1.807, 2.05) is 0 Å². The first kappa shape index (κ1) is 16.1. The first-order valence-corrected chi connectivity index (χ1v) is 7.28. The van der Waals surface area contributed by atoms with E-state index >= 15 is 0 Å². The summed E-state index contributed by atoms with van der Waals surface area (Å²) in [5, 5.41) is 8.58. The Kier molecular flexibility index (Phi) is 3.77. The van der Waals surface area contributed by atoms with Crippen LogP contribution < -0.4 is 4.74 Å². The van der Waals surface area contributed by atoms with Crippen LogP contribution in [0.15, 0.2) is 23.1 Å². The zero-order valence-electron chi connectivity index (χ0n) is 11.0. The molecule has 0 aliphatic carbocycles. The van der Waals surface area contributed by atoms with Crippen molar-refractivity contribution in [2.24, 2.45) is 0 Å². The van der Waals surface area contributed by atoms with Gasteiger partial charge in [0, 0.05) is 6.54 Å². The minimum absolute atomic E-state index is 0.122. The lowest BCUT2D eigenvalue weighted by Crippen LogP contribution is -2.23. The van der Waals surface area contributed by atoms with Gasteiger partial charge in [-0.1, -0.05) is 0 Å². The van der Waals surface area contributed by atoms with Gasteiger partial charge in [0.1, 0.15) is 0 Å². The summed E-state index contributed by atoms with van der Waals surface area (Å²) in [6.07, 6.45) is -1.65. The molecule has 22 heavy (non-hydrogen) atoms. The quantitative estimate of drug-likeness (QED) is 0.863. The van der Waals surface area contributed by atoms with Crippen molar-refractivity contribution in [2.45, 2.75) is 23.9 Å². The minimum atomic E-state index is -5.51. The van der Waals surface area contributed by atoms with Gasteiger partial charge >= 0.3 is 17.7 Å². The van der Waals surface area contributed by atoms with Gasteiger partial charge < -0.3 is 9.84 Å². The number of nitrogens with zero attached hydrogens (tertiary/aromatic N) is 2. The molecule has 7 nitrogen and oxygen atoms in total. The number of aryl methyl sites for hydroxylation is 1.